The molecule has 0 spiro atoms. The quantitative estimate of drug-likeness (QED) is 0.723. The lowest BCUT2D eigenvalue weighted by Gasteiger charge is -2.24. The Morgan fingerprint density at radius 3 is 2.68 bits per heavy atom. The highest BCUT2D eigenvalue weighted by Crippen LogP contribution is 2.28. The summed E-state index contributed by atoms with van der Waals surface area (Å²) in [5.41, 5.74) is 0.658. The van der Waals surface area contributed by atoms with Crippen LogP contribution in [-0.2, 0) is 14.3 Å². The van der Waals surface area contributed by atoms with Crippen LogP contribution in [-0.4, -0.2) is 56.2 Å². The van der Waals surface area contributed by atoms with Crippen molar-refractivity contribution in [2.45, 2.75) is 58.8 Å². The fraction of sp³-hybridized carbons (Fsp3) is 0.579. The zero-order valence-electron chi connectivity index (χ0n) is 16.7. The average molecular weight is 409 g/mol. The maximum absolute atomic E-state index is 12.8. The minimum Gasteiger partial charge on any atom is -0.456 e. The van der Waals surface area contributed by atoms with Gasteiger partial charge in [-0.25, -0.2) is 14.3 Å². The molecule has 3 heterocycles. The second-order valence-corrected chi connectivity index (χ2v) is 8.34. The summed E-state index contributed by atoms with van der Waals surface area (Å²) in [6.07, 6.45) is 1.59. The minimum atomic E-state index is -0.650. The van der Waals surface area contributed by atoms with E-state index in [1.807, 2.05) is 6.92 Å². The highest BCUT2D eigenvalue weighted by molar-refractivity contribution is 6.29. The lowest BCUT2D eigenvalue weighted by molar-refractivity contribution is -0.128. The number of aromatic nitrogens is 3. The first-order valence-electron chi connectivity index (χ1n) is 9.23. The molecule has 0 saturated carbocycles. The standard InChI is InChI=1S/C19H25ClN4O4/c1-11(27-13-6-7-23(10-13)12(2)25)17-14(18(26)28-19(3,4)5)9-21-16-8-15(20)22-24(16)17/h8-9,11,13H,6-7,10H2,1-5H3/t11-,13?/m0/s1. The van der Waals surface area contributed by atoms with Gasteiger partial charge in [0.05, 0.1) is 17.9 Å². The van der Waals surface area contributed by atoms with Gasteiger partial charge in [0, 0.05) is 32.3 Å². The molecule has 1 fully saturated rings. The van der Waals surface area contributed by atoms with Gasteiger partial charge in [-0.2, -0.15) is 5.10 Å². The Morgan fingerprint density at radius 1 is 1.36 bits per heavy atom. The molecule has 0 bridgehead atoms. The first kappa shape index (κ1) is 20.5. The average Bonchev–Trinajstić information content (AvgIpc) is 3.17. The summed E-state index contributed by atoms with van der Waals surface area (Å²) in [5.74, 6) is -0.478. The molecule has 0 aromatic carbocycles. The Morgan fingerprint density at radius 2 is 2.07 bits per heavy atom. The summed E-state index contributed by atoms with van der Waals surface area (Å²) in [6, 6.07) is 1.61. The SMILES string of the molecule is CC(=O)N1CCC(O[C@@H](C)c2c(C(=O)OC(C)(C)C)cnc3cc(Cl)nn23)C1. The minimum absolute atomic E-state index is 0.0263. The number of hydrogen-bond donors (Lipinski definition) is 0. The number of carbonyl (C=O) groups excluding carboxylic acids is 2. The summed E-state index contributed by atoms with van der Waals surface area (Å²) in [5, 5.41) is 4.53. The summed E-state index contributed by atoms with van der Waals surface area (Å²) < 4.78 is 13.2. The second kappa shape index (κ2) is 7.67. The number of rotatable bonds is 4. The fourth-order valence-corrected chi connectivity index (χ4v) is 3.46. The van der Waals surface area contributed by atoms with Crippen molar-refractivity contribution in [1.82, 2.24) is 19.5 Å². The molecule has 0 radical (unpaired) electrons. The zero-order chi connectivity index (χ0) is 20.6. The van der Waals surface area contributed by atoms with Gasteiger partial charge in [0.1, 0.15) is 11.2 Å². The van der Waals surface area contributed by atoms with Crippen LogP contribution in [0.3, 0.4) is 0 Å². The van der Waals surface area contributed by atoms with Crippen LogP contribution in [0.15, 0.2) is 12.3 Å². The van der Waals surface area contributed by atoms with Gasteiger partial charge >= 0.3 is 5.97 Å². The predicted molar refractivity (Wildman–Crippen MR) is 103 cm³/mol. The van der Waals surface area contributed by atoms with Crippen LogP contribution in [0.25, 0.3) is 5.65 Å². The summed E-state index contributed by atoms with van der Waals surface area (Å²) in [6.45, 7) is 9.97. The van der Waals surface area contributed by atoms with Crippen molar-refractivity contribution in [1.29, 1.82) is 0 Å². The van der Waals surface area contributed by atoms with Gasteiger partial charge in [0.25, 0.3) is 0 Å². The van der Waals surface area contributed by atoms with Gasteiger partial charge in [0.2, 0.25) is 5.91 Å². The summed E-state index contributed by atoms with van der Waals surface area (Å²) >= 11 is 6.05. The molecule has 2 aromatic heterocycles. The van der Waals surface area contributed by atoms with Crippen molar-refractivity contribution < 1.29 is 19.1 Å². The van der Waals surface area contributed by atoms with E-state index in [9.17, 15) is 9.59 Å². The fourth-order valence-electron chi connectivity index (χ4n) is 3.28. The third-order valence-electron chi connectivity index (χ3n) is 4.48. The third kappa shape index (κ3) is 4.44. The van der Waals surface area contributed by atoms with Gasteiger partial charge in [-0.3, -0.25) is 4.79 Å². The molecule has 0 aliphatic carbocycles. The van der Waals surface area contributed by atoms with Crippen LogP contribution in [0, 0.1) is 0 Å². The van der Waals surface area contributed by atoms with Crippen molar-refractivity contribution in [3.63, 3.8) is 0 Å². The smallest absolute Gasteiger partial charge is 0.342 e. The number of amides is 1. The van der Waals surface area contributed by atoms with Gasteiger partial charge in [-0.05, 0) is 34.1 Å². The number of hydrogen-bond acceptors (Lipinski definition) is 6. The van der Waals surface area contributed by atoms with E-state index in [0.29, 0.717) is 24.4 Å². The molecule has 152 valence electrons. The molecule has 8 nitrogen and oxygen atoms in total. The number of ether oxygens (including phenoxy) is 2. The number of carbonyl (C=O) groups is 2. The van der Waals surface area contributed by atoms with E-state index in [-0.39, 0.29) is 22.7 Å². The van der Waals surface area contributed by atoms with Crippen molar-refractivity contribution in [2.75, 3.05) is 13.1 Å². The molecule has 1 amide bonds. The molecule has 1 saturated heterocycles. The van der Waals surface area contributed by atoms with E-state index < -0.39 is 17.7 Å². The molecule has 3 rings (SSSR count). The Balaban J connectivity index is 1.94. The topological polar surface area (TPSA) is 86.0 Å². The Bertz CT molecular complexity index is 905. The number of esters is 1. The highest BCUT2D eigenvalue weighted by Gasteiger charge is 2.31. The summed E-state index contributed by atoms with van der Waals surface area (Å²) in [7, 11) is 0. The summed E-state index contributed by atoms with van der Waals surface area (Å²) in [4.78, 5) is 30.4. The number of nitrogens with zero attached hydrogens (tertiary/aromatic N) is 4. The van der Waals surface area contributed by atoms with E-state index in [4.69, 9.17) is 21.1 Å². The molecule has 0 N–H and O–H groups in total. The molecule has 1 aliphatic heterocycles. The third-order valence-corrected chi connectivity index (χ3v) is 4.67. The molecule has 9 heteroatoms. The Labute approximate surface area is 168 Å². The largest absolute Gasteiger partial charge is 0.456 e. The van der Waals surface area contributed by atoms with Gasteiger partial charge in [-0.1, -0.05) is 11.6 Å². The van der Waals surface area contributed by atoms with Crippen molar-refractivity contribution in [3.05, 3.63) is 28.7 Å². The number of halogens is 1. The number of likely N-dealkylation sites (tertiary alicyclic amines) is 1. The lowest BCUT2D eigenvalue weighted by atomic mass is 10.1. The van der Waals surface area contributed by atoms with E-state index >= 15 is 0 Å². The maximum atomic E-state index is 12.8. The zero-order valence-corrected chi connectivity index (χ0v) is 17.5. The monoisotopic (exact) mass is 408 g/mol. The lowest BCUT2D eigenvalue weighted by Crippen LogP contribution is -2.29. The Kier molecular flexibility index (Phi) is 5.63. The van der Waals surface area contributed by atoms with E-state index in [2.05, 4.69) is 10.1 Å². The molecule has 2 aromatic rings. The molecular formula is C19H25ClN4O4. The van der Waals surface area contributed by atoms with Crippen LogP contribution in [0.1, 0.15) is 63.2 Å². The highest BCUT2D eigenvalue weighted by atomic mass is 35.5. The van der Waals surface area contributed by atoms with Crippen molar-refractivity contribution in [2.24, 2.45) is 0 Å². The van der Waals surface area contributed by atoms with E-state index in [0.717, 1.165) is 6.42 Å². The van der Waals surface area contributed by atoms with Crippen LogP contribution in [0.4, 0.5) is 0 Å². The Hall–Kier alpha value is -2.19. The number of fused-ring (bicyclic) bond motifs is 1. The van der Waals surface area contributed by atoms with E-state index in [1.165, 1.54) is 10.7 Å². The van der Waals surface area contributed by atoms with Crippen LogP contribution >= 0.6 is 11.6 Å². The van der Waals surface area contributed by atoms with Crippen LogP contribution < -0.4 is 0 Å². The molecule has 2 atom stereocenters. The normalized spacial score (nSPS) is 18.5. The van der Waals surface area contributed by atoms with Gasteiger partial charge in [-0.15, -0.1) is 0 Å². The van der Waals surface area contributed by atoms with Crippen LogP contribution in [0.5, 0.6) is 0 Å². The molecule has 1 unspecified atom stereocenters. The first-order chi connectivity index (χ1) is 13.0. The van der Waals surface area contributed by atoms with Gasteiger partial charge < -0.3 is 14.4 Å². The van der Waals surface area contributed by atoms with Crippen molar-refractivity contribution >= 4 is 29.1 Å². The molecule has 28 heavy (non-hydrogen) atoms. The molecular weight excluding hydrogens is 384 g/mol. The van der Waals surface area contributed by atoms with E-state index in [1.54, 1.807) is 38.7 Å². The maximum Gasteiger partial charge on any atom is 0.342 e. The van der Waals surface area contributed by atoms with Gasteiger partial charge in [0.15, 0.2) is 10.8 Å². The van der Waals surface area contributed by atoms with Crippen LogP contribution in [0.2, 0.25) is 5.15 Å². The van der Waals surface area contributed by atoms with Crippen molar-refractivity contribution in [3.8, 4) is 0 Å². The predicted octanol–water partition coefficient (Wildman–Crippen LogP) is 3.04. The molecule has 1 aliphatic rings. The second-order valence-electron chi connectivity index (χ2n) is 7.95. The first-order valence-corrected chi connectivity index (χ1v) is 9.61.